The molecule has 2 aliphatic rings. The summed E-state index contributed by atoms with van der Waals surface area (Å²) >= 11 is 0. The fourth-order valence-corrected chi connectivity index (χ4v) is 4.30. The number of amides is 2. The number of imide groups is 1. The molecule has 0 aliphatic carbocycles. The molecular formula is C11H20N4O4S. The van der Waals surface area contributed by atoms with Crippen LogP contribution in [-0.4, -0.2) is 67.6 Å². The predicted molar refractivity (Wildman–Crippen MR) is 71.9 cm³/mol. The summed E-state index contributed by atoms with van der Waals surface area (Å²) in [4.78, 5) is 23.2. The van der Waals surface area contributed by atoms with E-state index in [2.05, 4.69) is 10.6 Å². The van der Waals surface area contributed by atoms with E-state index >= 15 is 0 Å². The van der Waals surface area contributed by atoms with E-state index in [0.29, 0.717) is 32.5 Å². The number of nitrogens with zero attached hydrogens (tertiary/aromatic N) is 2. The minimum absolute atomic E-state index is 0.295. The molecule has 0 radical (unpaired) electrons. The van der Waals surface area contributed by atoms with Crippen molar-refractivity contribution < 1.29 is 18.0 Å². The van der Waals surface area contributed by atoms with Crippen molar-refractivity contribution in [1.82, 2.24) is 19.2 Å². The molecule has 8 nitrogen and oxygen atoms in total. The lowest BCUT2D eigenvalue weighted by atomic mass is 10.2. The van der Waals surface area contributed by atoms with Crippen LogP contribution in [0.2, 0.25) is 0 Å². The molecule has 2 heterocycles. The SMILES string of the molecule is CCC1C(=O)NC(=O)CN1S(=O)(=O)N1CCCNCC1. The summed E-state index contributed by atoms with van der Waals surface area (Å²) in [5.41, 5.74) is 0. The van der Waals surface area contributed by atoms with Gasteiger partial charge in [0.2, 0.25) is 11.8 Å². The first-order valence-electron chi connectivity index (χ1n) is 6.78. The number of carbonyl (C=O) groups is 2. The van der Waals surface area contributed by atoms with Crippen molar-refractivity contribution in [2.45, 2.75) is 25.8 Å². The Balaban J connectivity index is 2.25. The molecule has 0 aromatic rings. The third-order valence-corrected chi connectivity index (χ3v) is 5.51. The molecule has 2 fully saturated rings. The van der Waals surface area contributed by atoms with Gasteiger partial charge in [-0.3, -0.25) is 14.9 Å². The van der Waals surface area contributed by atoms with Gasteiger partial charge in [0.15, 0.2) is 0 Å². The third-order valence-electron chi connectivity index (χ3n) is 3.52. The maximum Gasteiger partial charge on any atom is 0.283 e. The lowest BCUT2D eigenvalue weighted by Gasteiger charge is -2.35. The molecule has 2 aliphatic heterocycles. The van der Waals surface area contributed by atoms with Crippen LogP contribution in [0.3, 0.4) is 0 Å². The highest BCUT2D eigenvalue weighted by Crippen LogP contribution is 2.18. The van der Waals surface area contributed by atoms with E-state index in [0.717, 1.165) is 10.8 Å². The summed E-state index contributed by atoms with van der Waals surface area (Å²) in [5, 5.41) is 5.31. The van der Waals surface area contributed by atoms with E-state index in [1.807, 2.05) is 0 Å². The van der Waals surface area contributed by atoms with Gasteiger partial charge >= 0.3 is 0 Å². The maximum atomic E-state index is 12.6. The van der Waals surface area contributed by atoms with Crippen molar-refractivity contribution in [1.29, 1.82) is 0 Å². The van der Waals surface area contributed by atoms with Crippen molar-refractivity contribution in [2.75, 3.05) is 32.7 Å². The van der Waals surface area contributed by atoms with E-state index in [-0.39, 0.29) is 6.54 Å². The molecule has 1 atom stereocenters. The van der Waals surface area contributed by atoms with Gasteiger partial charge in [0, 0.05) is 19.6 Å². The molecule has 2 amide bonds. The summed E-state index contributed by atoms with van der Waals surface area (Å²) in [7, 11) is -3.79. The van der Waals surface area contributed by atoms with Gasteiger partial charge in [0.1, 0.15) is 6.04 Å². The van der Waals surface area contributed by atoms with Gasteiger partial charge in [0.05, 0.1) is 6.54 Å². The van der Waals surface area contributed by atoms with Crippen LogP contribution in [-0.2, 0) is 19.8 Å². The van der Waals surface area contributed by atoms with E-state index in [1.54, 1.807) is 6.92 Å². The Hall–Kier alpha value is -1.03. The molecule has 20 heavy (non-hydrogen) atoms. The predicted octanol–water partition coefficient (Wildman–Crippen LogP) is -1.74. The molecule has 9 heteroatoms. The standard InChI is InChI=1S/C11H20N4O4S/c1-2-9-11(17)13-10(16)8-15(9)20(18,19)14-6-3-4-12-5-7-14/h9,12H,2-8H2,1H3,(H,13,16,17). The van der Waals surface area contributed by atoms with Crippen LogP contribution in [0.25, 0.3) is 0 Å². The highest BCUT2D eigenvalue weighted by Gasteiger charge is 2.42. The van der Waals surface area contributed by atoms with E-state index < -0.39 is 28.1 Å². The Labute approximate surface area is 118 Å². The highest BCUT2D eigenvalue weighted by atomic mass is 32.2. The average molecular weight is 304 g/mol. The van der Waals surface area contributed by atoms with Crippen molar-refractivity contribution in [3.05, 3.63) is 0 Å². The summed E-state index contributed by atoms with van der Waals surface area (Å²) in [6, 6.07) is -0.811. The molecule has 1 unspecified atom stereocenters. The zero-order chi connectivity index (χ0) is 14.8. The van der Waals surface area contributed by atoms with Crippen LogP contribution in [0.4, 0.5) is 0 Å². The van der Waals surface area contributed by atoms with Crippen LogP contribution in [0.1, 0.15) is 19.8 Å². The normalized spacial score (nSPS) is 27.1. The maximum absolute atomic E-state index is 12.6. The molecule has 0 aromatic carbocycles. The molecule has 114 valence electrons. The topological polar surface area (TPSA) is 98.8 Å². The van der Waals surface area contributed by atoms with Crippen LogP contribution < -0.4 is 10.6 Å². The zero-order valence-corrected chi connectivity index (χ0v) is 12.3. The Kier molecular flexibility index (Phi) is 4.74. The molecule has 0 bridgehead atoms. The number of piperazine rings is 1. The number of hydrogen-bond donors (Lipinski definition) is 2. The second kappa shape index (κ2) is 6.17. The molecule has 0 saturated carbocycles. The molecule has 2 rings (SSSR count). The van der Waals surface area contributed by atoms with Gasteiger partial charge in [-0.1, -0.05) is 6.92 Å². The average Bonchev–Trinajstić information content (AvgIpc) is 2.67. The van der Waals surface area contributed by atoms with Crippen LogP contribution in [0.5, 0.6) is 0 Å². The first-order chi connectivity index (χ1) is 9.46. The minimum Gasteiger partial charge on any atom is -0.315 e. The fourth-order valence-electron chi connectivity index (χ4n) is 2.47. The van der Waals surface area contributed by atoms with Crippen molar-refractivity contribution in [2.24, 2.45) is 0 Å². The molecule has 2 N–H and O–H groups in total. The lowest BCUT2D eigenvalue weighted by molar-refractivity contribution is -0.137. The number of carbonyl (C=O) groups excluding carboxylic acids is 2. The minimum atomic E-state index is -3.79. The van der Waals surface area contributed by atoms with E-state index in [1.165, 1.54) is 4.31 Å². The smallest absolute Gasteiger partial charge is 0.283 e. The van der Waals surface area contributed by atoms with Gasteiger partial charge in [-0.2, -0.15) is 17.0 Å². The van der Waals surface area contributed by atoms with Crippen molar-refractivity contribution in [3.8, 4) is 0 Å². The van der Waals surface area contributed by atoms with Gasteiger partial charge < -0.3 is 5.32 Å². The number of rotatable bonds is 3. The summed E-state index contributed by atoms with van der Waals surface area (Å²) in [6.45, 7) is 3.53. The quantitative estimate of drug-likeness (QED) is 0.603. The van der Waals surface area contributed by atoms with Gasteiger partial charge in [0.25, 0.3) is 10.2 Å². The van der Waals surface area contributed by atoms with E-state index in [4.69, 9.17) is 0 Å². The first kappa shape index (κ1) is 15.4. The number of nitrogens with one attached hydrogen (secondary N) is 2. The van der Waals surface area contributed by atoms with Crippen LogP contribution in [0.15, 0.2) is 0 Å². The van der Waals surface area contributed by atoms with Crippen LogP contribution in [0, 0.1) is 0 Å². The monoisotopic (exact) mass is 304 g/mol. The summed E-state index contributed by atoms with van der Waals surface area (Å²) < 4.78 is 27.7. The molecule has 0 aromatic heterocycles. The second-order valence-corrected chi connectivity index (χ2v) is 6.77. The second-order valence-electron chi connectivity index (χ2n) is 4.89. The van der Waals surface area contributed by atoms with Crippen molar-refractivity contribution >= 4 is 22.0 Å². The molecule has 0 spiro atoms. The Morgan fingerprint density at radius 1 is 1.25 bits per heavy atom. The lowest BCUT2D eigenvalue weighted by Crippen LogP contribution is -2.62. The highest BCUT2D eigenvalue weighted by molar-refractivity contribution is 7.86. The van der Waals surface area contributed by atoms with Gasteiger partial charge in [-0.05, 0) is 19.4 Å². The van der Waals surface area contributed by atoms with Crippen LogP contribution >= 0.6 is 0 Å². The third kappa shape index (κ3) is 3.00. The van der Waals surface area contributed by atoms with E-state index in [9.17, 15) is 18.0 Å². The van der Waals surface area contributed by atoms with Gasteiger partial charge in [-0.25, -0.2) is 0 Å². The number of hydrogen-bond acceptors (Lipinski definition) is 5. The first-order valence-corrected chi connectivity index (χ1v) is 8.18. The molecule has 2 saturated heterocycles. The van der Waals surface area contributed by atoms with Crippen molar-refractivity contribution in [3.63, 3.8) is 0 Å². The Morgan fingerprint density at radius 2 is 2.00 bits per heavy atom. The largest absolute Gasteiger partial charge is 0.315 e. The Bertz CT molecular complexity index is 485. The summed E-state index contributed by atoms with van der Waals surface area (Å²) in [6.07, 6.45) is 1.05. The summed E-state index contributed by atoms with van der Waals surface area (Å²) in [5.74, 6) is -1.11. The molecular weight excluding hydrogens is 284 g/mol. The fraction of sp³-hybridized carbons (Fsp3) is 0.818. The van der Waals surface area contributed by atoms with Gasteiger partial charge in [-0.15, -0.1) is 0 Å². The Morgan fingerprint density at radius 3 is 2.70 bits per heavy atom. The zero-order valence-electron chi connectivity index (χ0n) is 11.5.